The molecule has 0 saturated heterocycles. The number of aromatic nitrogens is 1. The van der Waals surface area contributed by atoms with Crippen LogP contribution in [0.1, 0.15) is 0 Å². The molecule has 0 spiro atoms. The third-order valence-electron chi connectivity index (χ3n) is 1.59. The highest BCUT2D eigenvalue weighted by Gasteiger charge is 2.38. The standard InChI is InChI=1S/C6H3F4N3O5S/c7-4-2(19(11,16)17)1-3(13(14)15)12-5(4)18-6(8,9)10/h1H,(H2,11,16,17). The number of pyridine rings is 1. The van der Waals surface area contributed by atoms with Gasteiger partial charge in [0.25, 0.3) is 0 Å². The first-order valence-electron chi connectivity index (χ1n) is 4.05. The summed E-state index contributed by atoms with van der Waals surface area (Å²) in [6, 6.07) is 0.0773. The van der Waals surface area contributed by atoms with Gasteiger partial charge in [-0.3, -0.25) is 0 Å². The zero-order chi connectivity index (χ0) is 15.0. The Labute approximate surface area is 102 Å². The first-order chi connectivity index (χ1) is 8.42. The van der Waals surface area contributed by atoms with Crippen LogP contribution in [-0.2, 0) is 10.0 Å². The third-order valence-corrected chi connectivity index (χ3v) is 2.50. The zero-order valence-electron chi connectivity index (χ0n) is 8.51. The fourth-order valence-corrected chi connectivity index (χ4v) is 1.56. The maximum absolute atomic E-state index is 13.4. The molecule has 0 aromatic carbocycles. The smallest absolute Gasteiger partial charge is 0.364 e. The van der Waals surface area contributed by atoms with Crippen molar-refractivity contribution in [2.45, 2.75) is 11.3 Å². The molecule has 13 heteroatoms. The van der Waals surface area contributed by atoms with E-state index in [-0.39, 0.29) is 6.07 Å². The second-order valence-electron chi connectivity index (χ2n) is 2.95. The van der Waals surface area contributed by atoms with Crippen molar-refractivity contribution < 1.29 is 35.6 Å². The Morgan fingerprint density at radius 1 is 1.42 bits per heavy atom. The van der Waals surface area contributed by atoms with Crippen LogP contribution < -0.4 is 9.88 Å². The molecule has 19 heavy (non-hydrogen) atoms. The van der Waals surface area contributed by atoms with Crippen molar-refractivity contribution in [2.75, 3.05) is 0 Å². The molecule has 8 nitrogen and oxygen atoms in total. The summed E-state index contributed by atoms with van der Waals surface area (Å²) < 4.78 is 73.9. The Kier molecular flexibility index (Phi) is 3.63. The minimum atomic E-state index is -5.42. The van der Waals surface area contributed by atoms with Crippen LogP contribution in [0.5, 0.6) is 5.88 Å². The van der Waals surface area contributed by atoms with Crippen LogP contribution in [-0.4, -0.2) is 24.7 Å². The maximum atomic E-state index is 13.4. The van der Waals surface area contributed by atoms with Crippen molar-refractivity contribution in [1.82, 2.24) is 4.98 Å². The van der Waals surface area contributed by atoms with E-state index < -0.39 is 43.7 Å². The van der Waals surface area contributed by atoms with Gasteiger partial charge in [0.1, 0.15) is 4.90 Å². The molecule has 1 aromatic rings. The van der Waals surface area contributed by atoms with E-state index in [2.05, 4.69) is 14.9 Å². The van der Waals surface area contributed by atoms with E-state index in [9.17, 15) is 36.1 Å². The number of hydrogen-bond donors (Lipinski definition) is 1. The van der Waals surface area contributed by atoms with Crippen molar-refractivity contribution in [3.63, 3.8) is 0 Å². The van der Waals surface area contributed by atoms with Gasteiger partial charge in [-0.25, -0.2) is 13.6 Å². The first-order valence-corrected chi connectivity index (χ1v) is 5.60. The van der Waals surface area contributed by atoms with E-state index in [1.54, 1.807) is 0 Å². The van der Waals surface area contributed by atoms with Crippen molar-refractivity contribution in [3.05, 3.63) is 22.0 Å². The van der Waals surface area contributed by atoms with Gasteiger partial charge in [-0.05, 0) is 4.92 Å². The Morgan fingerprint density at radius 3 is 2.32 bits per heavy atom. The highest BCUT2D eigenvalue weighted by Crippen LogP contribution is 2.29. The molecule has 0 aliphatic rings. The molecule has 106 valence electrons. The summed E-state index contributed by atoms with van der Waals surface area (Å²) in [5.41, 5.74) is 0. The minimum absolute atomic E-state index is 0.0773. The number of ether oxygens (including phenoxy) is 1. The fourth-order valence-electron chi connectivity index (χ4n) is 0.949. The van der Waals surface area contributed by atoms with Crippen molar-refractivity contribution in [1.29, 1.82) is 0 Å². The zero-order valence-corrected chi connectivity index (χ0v) is 9.33. The SMILES string of the molecule is NS(=O)(=O)c1cc([N+](=O)[O-])nc(OC(F)(F)F)c1F. The quantitative estimate of drug-likeness (QED) is 0.497. The van der Waals surface area contributed by atoms with E-state index in [1.165, 1.54) is 0 Å². The van der Waals surface area contributed by atoms with Gasteiger partial charge in [0.05, 0.1) is 6.07 Å². The van der Waals surface area contributed by atoms with E-state index in [4.69, 9.17) is 0 Å². The van der Waals surface area contributed by atoms with Gasteiger partial charge in [-0.15, -0.1) is 13.2 Å². The molecule has 1 rings (SSSR count). The predicted molar refractivity (Wildman–Crippen MR) is 48.9 cm³/mol. The lowest BCUT2D eigenvalue weighted by Gasteiger charge is -2.07. The molecule has 0 fully saturated rings. The Morgan fingerprint density at radius 2 is 1.95 bits per heavy atom. The number of nitrogens with zero attached hydrogens (tertiary/aromatic N) is 2. The summed E-state index contributed by atoms with van der Waals surface area (Å²) in [6.45, 7) is 0. The molecule has 0 amide bonds. The summed E-state index contributed by atoms with van der Waals surface area (Å²) >= 11 is 0. The molecule has 0 atom stereocenters. The molecular weight excluding hydrogens is 302 g/mol. The second kappa shape index (κ2) is 4.58. The van der Waals surface area contributed by atoms with Crippen LogP contribution in [0.15, 0.2) is 11.0 Å². The van der Waals surface area contributed by atoms with Crippen LogP contribution in [0, 0.1) is 15.9 Å². The molecule has 0 radical (unpaired) electrons. The Balaban J connectivity index is 3.55. The molecule has 0 saturated carbocycles. The topological polar surface area (TPSA) is 125 Å². The number of hydrogen-bond acceptors (Lipinski definition) is 6. The Bertz CT molecular complexity index is 628. The normalized spacial score (nSPS) is 12.3. The predicted octanol–water partition coefficient (Wildman–Crippen LogP) is 0.675. The highest BCUT2D eigenvalue weighted by molar-refractivity contribution is 7.89. The van der Waals surface area contributed by atoms with Gasteiger partial charge in [0.2, 0.25) is 15.8 Å². The lowest BCUT2D eigenvalue weighted by Crippen LogP contribution is -2.21. The molecule has 1 heterocycles. The van der Waals surface area contributed by atoms with Crippen LogP contribution in [0.25, 0.3) is 0 Å². The molecule has 1 aromatic heterocycles. The van der Waals surface area contributed by atoms with Crippen LogP contribution in [0.3, 0.4) is 0 Å². The average Bonchev–Trinajstić information content (AvgIpc) is 2.16. The van der Waals surface area contributed by atoms with Crippen LogP contribution >= 0.6 is 0 Å². The molecule has 2 N–H and O–H groups in total. The lowest BCUT2D eigenvalue weighted by molar-refractivity contribution is -0.390. The van der Waals surface area contributed by atoms with E-state index in [0.717, 1.165) is 0 Å². The van der Waals surface area contributed by atoms with Crippen molar-refractivity contribution in [2.24, 2.45) is 5.14 Å². The Hall–Kier alpha value is -2.02. The molecule has 0 aliphatic carbocycles. The minimum Gasteiger partial charge on any atom is -0.364 e. The van der Waals surface area contributed by atoms with Gasteiger partial charge in [-0.1, -0.05) is 0 Å². The summed E-state index contributed by atoms with van der Waals surface area (Å²) in [6.07, 6.45) is -5.42. The number of nitrogens with two attached hydrogens (primary N) is 1. The van der Waals surface area contributed by atoms with Crippen LogP contribution in [0.4, 0.5) is 23.4 Å². The van der Waals surface area contributed by atoms with Crippen LogP contribution in [0.2, 0.25) is 0 Å². The van der Waals surface area contributed by atoms with Gasteiger partial charge < -0.3 is 14.9 Å². The van der Waals surface area contributed by atoms with E-state index in [0.29, 0.717) is 0 Å². The summed E-state index contributed by atoms with van der Waals surface area (Å²) in [5, 5.41) is 14.9. The van der Waals surface area contributed by atoms with Crippen molar-refractivity contribution in [3.8, 4) is 5.88 Å². The van der Waals surface area contributed by atoms with E-state index in [1.807, 2.05) is 0 Å². The number of nitro groups is 1. The van der Waals surface area contributed by atoms with Gasteiger partial charge in [0, 0.05) is 4.98 Å². The summed E-state index contributed by atoms with van der Waals surface area (Å²) in [5.74, 6) is -5.36. The lowest BCUT2D eigenvalue weighted by atomic mass is 10.4. The highest BCUT2D eigenvalue weighted by atomic mass is 32.2. The average molecular weight is 305 g/mol. The number of alkyl halides is 3. The first kappa shape index (κ1) is 15.0. The number of halogens is 4. The van der Waals surface area contributed by atoms with Crippen molar-refractivity contribution >= 4 is 15.8 Å². The number of rotatable bonds is 3. The largest absolute Gasteiger partial charge is 0.575 e. The van der Waals surface area contributed by atoms with Gasteiger partial charge in [0.15, 0.2) is 0 Å². The summed E-state index contributed by atoms with van der Waals surface area (Å²) in [4.78, 5) is 10.1. The maximum Gasteiger partial charge on any atom is 0.575 e. The molecule has 0 aliphatic heterocycles. The number of sulfonamides is 1. The van der Waals surface area contributed by atoms with Gasteiger partial charge in [-0.2, -0.15) is 4.39 Å². The summed E-state index contributed by atoms with van der Waals surface area (Å²) in [7, 11) is -4.83. The molecular formula is C6H3F4N3O5S. The monoisotopic (exact) mass is 305 g/mol. The van der Waals surface area contributed by atoms with Gasteiger partial charge >= 0.3 is 18.1 Å². The fraction of sp³-hybridized carbons (Fsp3) is 0.167. The molecule has 0 unspecified atom stereocenters. The second-order valence-corrected chi connectivity index (χ2v) is 4.48. The number of primary sulfonamides is 1. The third kappa shape index (κ3) is 3.72. The molecule has 0 bridgehead atoms. The van der Waals surface area contributed by atoms with E-state index >= 15 is 0 Å².